The summed E-state index contributed by atoms with van der Waals surface area (Å²) in [4.78, 5) is 12.8. The van der Waals surface area contributed by atoms with E-state index in [0.29, 0.717) is 35.4 Å². The zero-order valence-electron chi connectivity index (χ0n) is 22.3. The molecule has 0 bridgehead atoms. The van der Waals surface area contributed by atoms with E-state index in [9.17, 15) is 4.79 Å². The molecule has 0 saturated carbocycles. The van der Waals surface area contributed by atoms with Crippen LogP contribution in [0.3, 0.4) is 0 Å². The number of hydrogen-bond acceptors (Lipinski definition) is 3. The lowest BCUT2D eigenvalue weighted by Gasteiger charge is -2.06. The van der Waals surface area contributed by atoms with Crippen molar-refractivity contribution in [1.82, 2.24) is 15.1 Å². The number of halogens is 2. The molecule has 2 aromatic carbocycles. The highest BCUT2D eigenvalue weighted by Crippen LogP contribution is 2.24. The quantitative estimate of drug-likeness (QED) is 0.216. The predicted octanol–water partition coefficient (Wildman–Crippen LogP) is 8.29. The van der Waals surface area contributed by atoms with Gasteiger partial charge in [-0.2, -0.15) is 5.10 Å². The van der Waals surface area contributed by atoms with Gasteiger partial charge in [0.05, 0.1) is 12.1 Å². The summed E-state index contributed by atoms with van der Waals surface area (Å²) in [6.45, 7) is 9.40. The second kappa shape index (κ2) is 19.1. The standard InChI is InChI=1S/C25H31Cl2N3O2.2C2H6/c26-20-14-13-19(22(27)17-20)18-30-23-12-8-7-11-21(23)24(29-30)25(32)28-15-9-5-3-1-2-4-6-10-16-31;2*1-2/h7-8,11-14,17,31H,1-6,9-10,15-16,18H2,(H,28,32);2*1-2H3. The number of benzene rings is 2. The normalized spacial score (nSPS) is 10.3. The summed E-state index contributed by atoms with van der Waals surface area (Å²) >= 11 is 12.3. The van der Waals surface area contributed by atoms with Crippen molar-refractivity contribution in [2.75, 3.05) is 13.2 Å². The molecule has 0 radical (unpaired) electrons. The van der Waals surface area contributed by atoms with Crippen molar-refractivity contribution >= 4 is 40.0 Å². The van der Waals surface area contributed by atoms with Crippen LogP contribution in [0.25, 0.3) is 10.9 Å². The first-order valence-corrected chi connectivity index (χ1v) is 14.1. The molecule has 0 fully saturated rings. The molecule has 7 heteroatoms. The third kappa shape index (κ3) is 10.5. The van der Waals surface area contributed by atoms with E-state index < -0.39 is 0 Å². The Morgan fingerprint density at radius 3 is 2.14 bits per heavy atom. The molecule has 200 valence electrons. The van der Waals surface area contributed by atoms with E-state index in [4.69, 9.17) is 28.3 Å². The summed E-state index contributed by atoms with van der Waals surface area (Å²) in [5.74, 6) is -0.147. The Balaban J connectivity index is 0.00000154. The summed E-state index contributed by atoms with van der Waals surface area (Å²) in [7, 11) is 0. The molecule has 3 rings (SSSR count). The molecular formula is C29H43Cl2N3O2. The summed E-state index contributed by atoms with van der Waals surface area (Å²) < 4.78 is 1.82. The Hall–Kier alpha value is -2.08. The van der Waals surface area contributed by atoms with Crippen molar-refractivity contribution in [3.05, 3.63) is 63.8 Å². The number of nitrogens with one attached hydrogen (secondary N) is 1. The summed E-state index contributed by atoms with van der Waals surface area (Å²) in [6, 6.07) is 13.1. The number of nitrogens with zero attached hydrogens (tertiary/aromatic N) is 2. The van der Waals surface area contributed by atoms with Crippen LogP contribution >= 0.6 is 23.2 Å². The number of carbonyl (C=O) groups is 1. The smallest absolute Gasteiger partial charge is 0.272 e. The molecule has 2 N–H and O–H groups in total. The van der Waals surface area contributed by atoms with Gasteiger partial charge in [0, 0.05) is 28.6 Å². The maximum atomic E-state index is 12.8. The van der Waals surface area contributed by atoms with Gasteiger partial charge >= 0.3 is 0 Å². The van der Waals surface area contributed by atoms with Crippen LogP contribution in [0, 0.1) is 0 Å². The minimum absolute atomic E-state index is 0.147. The van der Waals surface area contributed by atoms with Crippen molar-refractivity contribution in [2.45, 2.75) is 85.6 Å². The molecule has 5 nitrogen and oxygen atoms in total. The molecule has 1 amide bonds. The average molecular weight is 537 g/mol. The number of unbranched alkanes of at least 4 members (excludes halogenated alkanes) is 7. The largest absolute Gasteiger partial charge is 0.396 e. The Morgan fingerprint density at radius 1 is 0.889 bits per heavy atom. The van der Waals surface area contributed by atoms with Crippen LogP contribution in [0.1, 0.15) is 95.1 Å². The molecule has 0 aliphatic rings. The van der Waals surface area contributed by atoms with Gasteiger partial charge in [-0.25, -0.2) is 0 Å². The number of aliphatic hydroxyl groups excluding tert-OH is 1. The molecule has 1 heterocycles. The first-order chi connectivity index (χ1) is 17.6. The van der Waals surface area contributed by atoms with Gasteiger partial charge in [0.1, 0.15) is 0 Å². The molecule has 0 unspecified atom stereocenters. The maximum Gasteiger partial charge on any atom is 0.272 e. The van der Waals surface area contributed by atoms with Gasteiger partial charge in [0.2, 0.25) is 0 Å². The van der Waals surface area contributed by atoms with Crippen LogP contribution in [0.2, 0.25) is 10.0 Å². The molecule has 0 aliphatic heterocycles. The van der Waals surface area contributed by atoms with Crippen LogP contribution < -0.4 is 5.32 Å². The first kappa shape index (κ1) is 31.9. The highest BCUT2D eigenvalue weighted by atomic mass is 35.5. The van der Waals surface area contributed by atoms with Crippen LogP contribution in [-0.2, 0) is 6.54 Å². The number of fused-ring (bicyclic) bond motifs is 1. The lowest BCUT2D eigenvalue weighted by molar-refractivity contribution is 0.0948. The highest BCUT2D eigenvalue weighted by molar-refractivity contribution is 6.35. The molecule has 0 atom stereocenters. The Kier molecular flexibility index (Phi) is 16.9. The average Bonchev–Trinajstić information content (AvgIpc) is 3.27. The van der Waals surface area contributed by atoms with Crippen LogP contribution in [-0.4, -0.2) is 33.9 Å². The van der Waals surface area contributed by atoms with Gasteiger partial charge < -0.3 is 10.4 Å². The zero-order chi connectivity index (χ0) is 26.8. The van der Waals surface area contributed by atoms with Gasteiger partial charge in [-0.3, -0.25) is 9.48 Å². The fourth-order valence-corrected chi connectivity index (χ4v) is 4.28. The van der Waals surface area contributed by atoms with E-state index >= 15 is 0 Å². The third-order valence-corrected chi connectivity index (χ3v) is 6.17. The number of aromatic nitrogens is 2. The topological polar surface area (TPSA) is 67.2 Å². The van der Waals surface area contributed by atoms with Crippen LogP contribution in [0.15, 0.2) is 42.5 Å². The van der Waals surface area contributed by atoms with E-state index in [1.165, 1.54) is 25.7 Å². The van der Waals surface area contributed by atoms with Gasteiger partial charge in [-0.15, -0.1) is 0 Å². The van der Waals surface area contributed by atoms with Crippen LogP contribution in [0.4, 0.5) is 0 Å². The number of hydrogen-bond donors (Lipinski definition) is 2. The van der Waals surface area contributed by atoms with E-state index in [1.807, 2.05) is 62.7 Å². The van der Waals surface area contributed by atoms with Crippen molar-refractivity contribution in [3.63, 3.8) is 0 Å². The molecule has 1 aromatic heterocycles. The summed E-state index contributed by atoms with van der Waals surface area (Å²) in [5, 5.41) is 18.4. The first-order valence-electron chi connectivity index (χ1n) is 13.4. The lowest BCUT2D eigenvalue weighted by Crippen LogP contribution is -2.25. The third-order valence-electron chi connectivity index (χ3n) is 5.58. The molecule has 36 heavy (non-hydrogen) atoms. The summed E-state index contributed by atoms with van der Waals surface area (Å²) in [5.41, 5.74) is 2.23. The minimum atomic E-state index is -0.147. The fourth-order valence-electron chi connectivity index (χ4n) is 3.81. The number of para-hydroxylation sites is 1. The molecule has 0 aliphatic carbocycles. The van der Waals surface area contributed by atoms with Gasteiger partial charge in [-0.1, -0.05) is 114 Å². The summed E-state index contributed by atoms with van der Waals surface area (Å²) in [6.07, 6.45) is 8.87. The van der Waals surface area contributed by atoms with E-state index in [2.05, 4.69) is 10.4 Å². The van der Waals surface area contributed by atoms with Gasteiger partial charge in [0.15, 0.2) is 5.69 Å². The Morgan fingerprint density at radius 2 is 1.50 bits per heavy atom. The van der Waals surface area contributed by atoms with Crippen molar-refractivity contribution in [1.29, 1.82) is 0 Å². The molecule has 0 spiro atoms. The SMILES string of the molecule is CC.CC.O=C(NCCCCCCCCCCO)c1nn(Cc2ccc(Cl)cc2Cl)c2ccccc12. The van der Waals surface area contributed by atoms with Crippen LogP contribution in [0.5, 0.6) is 0 Å². The maximum absolute atomic E-state index is 12.8. The number of aliphatic hydroxyl groups is 1. The fraction of sp³-hybridized carbons (Fsp3) is 0.517. The van der Waals surface area contributed by atoms with Crippen molar-refractivity contribution in [3.8, 4) is 0 Å². The number of rotatable bonds is 13. The number of amides is 1. The predicted molar refractivity (Wildman–Crippen MR) is 154 cm³/mol. The molecule has 3 aromatic rings. The number of carbonyl (C=O) groups excluding carboxylic acids is 1. The van der Waals surface area contributed by atoms with Gasteiger partial charge in [0.25, 0.3) is 5.91 Å². The Labute approximate surface area is 227 Å². The lowest BCUT2D eigenvalue weighted by atomic mass is 10.1. The van der Waals surface area contributed by atoms with E-state index in [-0.39, 0.29) is 5.91 Å². The van der Waals surface area contributed by atoms with Gasteiger partial charge in [-0.05, 0) is 36.6 Å². The molecular weight excluding hydrogens is 493 g/mol. The zero-order valence-corrected chi connectivity index (χ0v) is 23.8. The molecule has 0 saturated heterocycles. The van der Waals surface area contributed by atoms with Crippen molar-refractivity contribution < 1.29 is 9.90 Å². The second-order valence-electron chi connectivity index (χ2n) is 8.07. The van der Waals surface area contributed by atoms with Crippen molar-refractivity contribution in [2.24, 2.45) is 0 Å². The highest BCUT2D eigenvalue weighted by Gasteiger charge is 2.17. The Bertz CT molecular complexity index is 1020. The van der Waals surface area contributed by atoms with E-state index in [1.54, 1.807) is 12.1 Å². The minimum Gasteiger partial charge on any atom is -0.396 e. The second-order valence-corrected chi connectivity index (χ2v) is 8.91. The van der Waals surface area contributed by atoms with E-state index in [0.717, 1.165) is 42.1 Å². The monoisotopic (exact) mass is 535 g/mol.